The molecule has 1 fully saturated rings. The molecule has 1 aliphatic rings. The van der Waals surface area contributed by atoms with Crippen LogP contribution in [0.25, 0.3) is 0 Å². The zero-order chi connectivity index (χ0) is 21.2. The van der Waals surface area contributed by atoms with Gasteiger partial charge in [-0.1, -0.05) is 36.7 Å². The van der Waals surface area contributed by atoms with Crippen LogP contribution in [0.4, 0.5) is 18.9 Å². The van der Waals surface area contributed by atoms with Gasteiger partial charge >= 0.3 is 6.18 Å². The molecule has 3 nitrogen and oxygen atoms in total. The van der Waals surface area contributed by atoms with Crippen molar-refractivity contribution in [2.24, 2.45) is 0 Å². The summed E-state index contributed by atoms with van der Waals surface area (Å²) < 4.78 is 38.1. The number of halogens is 4. The Morgan fingerprint density at radius 3 is 2.28 bits per heavy atom. The van der Waals surface area contributed by atoms with Crippen LogP contribution in [-0.4, -0.2) is 37.0 Å². The maximum atomic E-state index is 12.7. The van der Waals surface area contributed by atoms with Crippen LogP contribution in [0.3, 0.4) is 0 Å². The first-order chi connectivity index (χ1) is 13.6. The standard InChI is InChI=1S/C22H24ClF3N2O/c1-15-3-8-19(23)14-20(15)27-9-11-28(12-10-27)21(29)13-16(2)17-4-6-18(7-5-17)22(24,25)26/h3-8,14,16H,9-13H2,1-2H3. The number of aryl methyl sites for hydroxylation is 1. The highest BCUT2D eigenvalue weighted by atomic mass is 35.5. The molecule has 3 rings (SSSR count). The smallest absolute Gasteiger partial charge is 0.368 e. The molecule has 7 heteroatoms. The molecule has 0 spiro atoms. The number of nitrogens with zero attached hydrogens (tertiary/aromatic N) is 2. The van der Waals surface area contributed by atoms with Crippen molar-refractivity contribution in [2.75, 3.05) is 31.1 Å². The molecule has 156 valence electrons. The van der Waals surface area contributed by atoms with Crippen LogP contribution in [0.5, 0.6) is 0 Å². The van der Waals surface area contributed by atoms with E-state index >= 15 is 0 Å². The average molecular weight is 425 g/mol. The summed E-state index contributed by atoms with van der Waals surface area (Å²) in [5, 5.41) is 0.689. The van der Waals surface area contributed by atoms with E-state index in [1.54, 1.807) is 0 Å². The Balaban J connectivity index is 1.56. The lowest BCUT2D eigenvalue weighted by Crippen LogP contribution is -2.49. The third-order valence-corrected chi connectivity index (χ3v) is 5.67. The van der Waals surface area contributed by atoms with E-state index in [1.807, 2.05) is 36.9 Å². The second-order valence-electron chi connectivity index (χ2n) is 7.52. The molecule has 0 N–H and O–H groups in total. The number of piperazine rings is 1. The molecule has 0 saturated carbocycles. The number of amides is 1. The molecule has 1 saturated heterocycles. The molecule has 2 aromatic carbocycles. The summed E-state index contributed by atoms with van der Waals surface area (Å²) >= 11 is 6.11. The van der Waals surface area contributed by atoms with Gasteiger partial charge in [0.25, 0.3) is 0 Å². The molecule has 1 heterocycles. The van der Waals surface area contributed by atoms with Gasteiger partial charge in [0.15, 0.2) is 0 Å². The summed E-state index contributed by atoms with van der Waals surface area (Å²) in [6, 6.07) is 10.9. The van der Waals surface area contributed by atoms with Crippen LogP contribution >= 0.6 is 11.6 Å². The fourth-order valence-electron chi connectivity index (χ4n) is 3.63. The summed E-state index contributed by atoms with van der Waals surface area (Å²) in [7, 11) is 0. The van der Waals surface area contributed by atoms with Gasteiger partial charge in [-0.3, -0.25) is 4.79 Å². The predicted octanol–water partition coefficient (Wildman–Crippen LogP) is 5.51. The molecule has 1 atom stereocenters. The summed E-state index contributed by atoms with van der Waals surface area (Å²) in [6.45, 7) is 6.58. The van der Waals surface area contributed by atoms with Crippen LogP contribution in [0.1, 0.15) is 36.0 Å². The minimum atomic E-state index is -4.35. The van der Waals surface area contributed by atoms with Crippen molar-refractivity contribution in [3.63, 3.8) is 0 Å². The Hall–Kier alpha value is -2.21. The minimum absolute atomic E-state index is 0.0277. The third kappa shape index (κ3) is 5.24. The first-order valence-electron chi connectivity index (χ1n) is 9.61. The highest BCUT2D eigenvalue weighted by Crippen LogP contribution is 2.31. The number of hydrogen-bond acceptors (Lipinski definition) is 2. The van der Waals surface area contributed by atoms with Gasteiger partial charge in [-0.25, -0.2) is 0 Å². The van der Waals surface area contributed by atoms with E-state index in [2.05, 4.69) is 4.90 Å². The first kappa shape index (κ1) is 21.5. The molecule has 29 heavy (non-hydrogen) atoms. The number of rotatable bonds is 4. The van der Waals surface area contributed by atoms with Crippen LogP contribution in [0, 0.1) is 6.92 Å². The van der Waals surface area contributed by atoms with Gasteiger partial charge in [-0.2, -0.15) is 13.2 Å². The van der Waals surface area contributed by atoms with Crippen LogP contribution < -0.4 is 4.90 Å². The molecular formula is C22H24ClF3N2O. The summed E-state index contributed by atoms with van der Waals surface area (Å²) in [6.07, 6.45) is -4.07. The SMILES string of the molecule is Cc1ccc(Cl)cc1N1CCN(C(=O)CC(C)c2ccc(C(F)(F)F)cc2)CC1. The lowest BCUT2D eigenvalue weighted by molar-refractivity contribution is -0.137. The van der Waals surface area contributed by atoms with E-state index in [0.717, 1.165) is 42.0 Å². The molecule has 0 bridgehead atoms. The Morgan fingerprint density at radius 2 is 1.69 bits per heavy atom. The van der Waals surface area contributed by atoms with Crippen LogP contribution in [-0.2, 0) is 11.0 Å². The Kier molecular flexibility index (Phi) is 6.42. The molecule has 1 unspecified atom stereocenters. The van der Waals surface area contributed by atoms with E-state index in [9.17, 15) is 18.0 Å². The number of carbonyl (C=O) groups is 1. The average Bonchev–Trinajstić information content (AvgIpc) is 2.69. The number of hydrogen-bond donors (Lipinski definition) is 0. The van der Waals surface area contributed by atoms with Crippen molar-refractivity contribution in [3.8, 4) is 0 Å². The van der Waals surface area contributed by atoms with Crippen molar-refractivity contribution in [3.05, 3.63) is 64.2 Å². The van der Waals surface area contributed by atoms with Crippen molar-refractivity contribution < 1.29 is 18.0 Å². The summed E-state index contributed by atoms with van der Waals surface area (Å²) in [5.41, 5.74) is 2.29. The van der Waals surface area contributed by atoms with Gasteiger partial charge < -0.3 is 9.80 Å². The number of benzene rings is 2. The summed E-state index contributed by atoms with van der Waals surface area (Å²) in [5.74, 6) is -0.113. The lowest BCUT2D eigenvalue weighted by atomic mass is 9.96. The fraction of sp³-hybridized carbons (Fsp3) is 0.409. The monoisotopic (exact) mass is 424 g/mol. The van der Waals surface area contributed by atoms with E-state index in [0.29, 0.717) is 18.1 Å². The van der Waals surface area contributed by atoms with E-state index in [-0.39, 0.29) is 18.2 Å². The lowest BCUT2D eigenvalue weighted by Gasteiger charge is -2.37. The molecular weight excluding hydrogens is 401 g/mol. The quantitative estimate of drug-likeness (QED) is 0.646. The molecule has 1 amide bonds. The van der Waals surface area contributed by atoms with Crippen LogP contribution in [0.2, 0.25) is 5.02 Å². The van der Waals surface area contributed by atoms with Gasteiger partial charge in [-0.05, 0) is 48.2 Å². The van der Waals surface area contributed by atoms with Gasteiger partial charge in [0.2, 0.25) is 5.91 Å². The van der Waals surface area contributed by atoms with Gasteiger partial charge in [-0.15, -0.1) is 0 Å². The number of alkyl halides is 3. The normalized spacial score (nSPS) is 16.1. The highest BCUT2D eigenvalue weighted by Gasteiger charge is 2.30. The molecule has 0 aromatic heterocycles. The van der Waals surface area contributed by atoms with E-state index in [1.165, 1.54) is 12.1 Å². The Bertz CT molecular complexity index is 859. The van der Waals surface area contributed by atoms with Crippen molar-refractivity contribution in [2.45, 2.75) is 32.4 Å². The molecule has 1 aliphatic heterocycles. The van der Waals surface area contributed by atoms with E-state index in [4.69, 9.17) is 11.6 Å². The van der Waals surface area contributed by atoms with Crippen molar-refractivity contribution in [1.82, 2.24) is 4.90 Å². The first-order valence-corrected chi connectivity index (χ1v) is 9.99. The second-order valence-corrected chi connectivity index (χ2v) is 7.96. The van der Waals surface area contributed by atoms with Gasteiger partial charge in [0.05, 0.1) is 5.56 Å². The van der Waals surface area contributed by atoms with Crippen molar-refractivity contribution in [1.29, 1.82) is 0 Å². The molecule has 0 aliphatic carbocycles. The van der Waals surface area contributed by atoms with Crippen LogP contribution in [0.15, 0.2) is 42.5 Å². The number of carbonyl (C=O) groups excluding carboxylic acids is 1. The highest BCUT2D eigenvalue weighted by molar-refractivity contribution is 6.30. The Morgan fingerprint density at radius 1 is 1.07 bits per heavy atom. The maximum absolute atomic E-state index is 12.7. The molecule has 0 radical (unpaired) electrons. The van der Waals surface area contributed by atoms with E-state index < -0.39 is 11.7 Å². The molecule has 2 aromatic rings. The van der Waals surface area contributed by atoms with Gasteiger partial charge in [0.1, 0.15) is 0 Å². The second kappa shape index (κ2) is 8.66. The fourth-order valence-corrected chi connectivity index (χ4v) is 3.80. The van der Waals surface area contributed by atoms with Crippen molar-refractivity contribution >= 4 is 23.2 Å². The zero-order valence-corrected chi connectivity index (χ0v) is 17.2. The number of anilines is 1. The minimum Gasteiger partial charge on any atom is -0.368 e. The Labute approximate surface area is 174 Å². The topological polar surface area (TPSA) is 23.6 Å². The third-order valence-electron chi connectivity index (χ3n) is 5.43. The summed E-state index contributed by atoms with van der Waals surface area (Å²) in [4.78, 5) is 16.7. The zero-order valence-electron chi connectivity index (χ0n) is 16.5. The van der Waals surface area contributed by atoms with Gasteiger partial charge in [0, 0.05) is 43.3 Å². The largest absolute Gasteiger partial charge is 0.416 e. The maximum Gasteiger partial charge on any atom is 0.416 e. The predicted molar refractivity (Wildman–Crippen MR) is 109 cm³/mol.